The Morgan fingerprint density at radius 3 is 2.26 bits per heavy atom. The highest BCUT2D eigenvalue weighted by atomic mass is 16.5. The minimum Gasteiger partial charge on any atom is -0.497 e. The number of fused-ring (bicyclic) bond motifs is 1. The van der Waals surface area contributed by atoms with E-state index in [2.05, 4.69) is 9.89 Å². The van der Waals surface area contributed by atoms with E-state index < -0.39 is 6.04 Å². The molecule has 1 atom stereocenters. The predicted molar refractivity (Wildman–Crippen MR) is 104 cm³/mol. The zero-order valence-corrected chi connectivity index (χ0v) is 15.4. The Labute approximate surface area is 158 Å². The number of ether oxygens (including phenoxy) is 1. The van der Waals surface area contributed by atoms with E-state index in [9.17, 15) is 9.59 Å². The molecule has 27 heavy (non-hydrogen) atoms. The maximum absolute atomic E-state index is 13.3. The van der Waals surface area contributed by atoms with Crippen molar-refractivity contribution in [3.63, 3.8) is 0 Å². The van der Waals surface area contributed by atoms with Gasteiger partial charge < -0.3 is 4.74 Å². The third-order valence-corrected chi connectivity index (χ3v) is 5.25. The van der Waals surface area contributed by atoms with Crippen molar-refractivity contribution in [3.8, 4) is 5.75 Å². The second-order valence-electron chi connectivity index (χ2n) is 6.93. The van der Waals surface area contributed by atoms with E-state index >= 15 is 0 Å². The van der Waals surface area contributed by atoms with Crippen LogP contribution in [0.5, 0.6) is 5.75 Å². The number of methoxy groups -OCH3 is 1. The first-order valence-corrected chi connectivity index (χ1v) is 9.33. The number of carbonyl (C=O) groups excluding carboxylic acids is 2. The summed E-state index contributed by atoms with van der Waals surface area (Å²) in [7, 11) is 1.60. The molecule has 5 nitrogen and oxygen atoms in total. The van der Waals surface area contributed by atoms with E-state index in [1.165, 1.54) is 0 Å². The van der Waals surface area contributed by atoms with Gasteiger partial charge in [-0.05, 0) is 50.2 Å². The summed E-state index contributed by atoms with van der Waals surface area (Å²) in [5.41, 5.74) is 1.92. The number of ketones is 2. The standard InChI is InChI=1S/C22H22N2O3/c1-27-16-11-9-15(10-12-16)23-19-20(24-13-5-2-6-14-24)22(26)18-8-4-3-7-17(18)21(19)25/h3-4,7-12,20H,2,5-6,13-14H2,1H3. The van der Waals surface area contributed by atoms with Crippen LogP contribution in [0.2, 0.25) is 0 Å². The minimum absolute atomic E-state index is 0.0284. The lowest BCUT2D eigenvalue weighted by atomic mass is 9.83. The molecule has 1 aliphatic carbocycles. The van der Waals surface area contributed by atoms with E-state index in [1.807, 2.05) is 6.07 Å². The number of rotatable bonds is 3. The molecule has 1 saturated heterocycles. The first-order chi connectivity index (χ1) is 13.2. The Balaban J connectivity index is 1.80. The van der Waals surface area contributed by atoms with Crippen molar-refractivity contribution in [3.05, 3.63) is 59.7 Å². The molecule has 0 bridgehead atoms. The van der Waals surface area contributed by atoms with Gasteiger partial charge in [0, 0.05) is 11.1 Å². The van der Waals surface area contributed by atoms with Crippen LogP contribution in [0.3, 0.4) is 0 Å². The highest BCUT2D eigenvalue weighted by Gasteiger charge is 2.41. The molecule has 0 spiro atoms. The van der Waals surface area contributed by atoms with Crippen LogP contribution in [0.25, 0.3) is 0 Å². The molecule has 0 saturated carbocycles. The Bertz CT molecular complexity index is 896. The predicted octanol–water partition coefficient (Wildman–Crippen LogP) is 3.70. The van der Waals surface area contributed by atoms with Crippen molar-refractivity contribution in [2.75, 3.05) is 20.2 Å². The van der Waals surface area contributed by atoms with E-state index in [0.29, 0.717) is 22.5 Å². The van der Waals surface area contributed by atoms with Crippen LogP contribution in [0.15, 0.2) is 53.5 Å². The molecular weight excluding hydrogens is 340 g/mol. The third-order valence-electron chi connectivity index (χ3n) is 5.25. The Morgan fingerprint density at radius 2 is 1.59 bits per heavy atom. The average Bonchev–Trinajstić information content (AvgIpc) is 2.73. The van der Waals surface area contributed by atoms with Gasteiger partial charge in [0.2, 0.25) is 5.78 Å². The zero-order chi connectivity index (χ0) is 18.8. The van der Waals surface area contributed by atoms with Gasteiger partial charge >= 0.3 is 0 Å². The van der Waals surface area contributed by atoms with Crippen LogP contribution in [0.1, 0.15) is 40.0 Å². The summed E-state index contributed by atoms with van der Waals surface area (Å²) in [6.45, 7) is 1.63. The average molecular weight is 362 g/mol. The highest BCUT2D eigenvalue weighted by molar-refractivity contribution is 6.55. The monoisotopic (exact) mass is 362 g/mol. The molecule has 0 amide bonds. The van der Waals surface area contributed by atoms with E-state index in [1.54, 1.807) is 49.6 Å². The normalized spacial score (nSPS) is 22.0. The lowest BCUT2D eigenvalue weighted by Gasteiger charge is -2.36. The van der Waals surface area contributed by atoms with Gasteiger partial charge in [-0.1, -0.05) is 30.7 Å². The molecule has 1 fully saturated rings. The Kier molecular flexibility index (Phi) is 4.86. The van der Waals surface area contributed by atoms with Gasteiger partial charge in [0.25, 0.3) is 0 Å². The summed E-state index contributed by atoms with van der Waals surface area (Å²) < 4.78 is 5.18. The number of piperidine rings is 1. The summed E-state index contributed by atoms with van der Waals surface area (Å²) in [6.07, 6.45) is 3.23. The topological polar surface area (TPSA) is 59.0 Å². The van der Waals surface area contributed by atoms with Crippen molar-refractivity contribution in [2.24, 2.45) is 4.99 Å². The molecule has 2 aromatic carbocycles. The van der Waals surface area contributed by atoms with Crippen molar-refractivity contribution in [1.82, 2.24) is 4.90 Å². The number of nitrogens with zero attached hydrogens (tertiary/aromatic N) is 2. The quantitative estimate of drug-likeness (QED) is 0.835. The fourth-order valence-corrected chi connectivity index (χ4v) is 3.85. The van der Waals surface area contributed by atoms with Crippen LogP contribution in [-0.4, -0.2) is 48.4 Å². The maximum Gasteiger partial charge on any atom is 0.210 e. The Morgan fingerprint density at radius 1 is 0.926 bits per heavy atom. The van der Waals surface area contributed by atoms with Crippen molar-refractivity contribution in [2.45, 2.75) is 25.3 Å². The van der Waals surface area contributed by atoms with Gasteiger partial charge in [-0.3, -0.25) is 14.5 Å². The van der Waals surface area contributed by atoms with Gasteiger partial charge in [-0.2, -0.15) is 0 Å². The molecule has 2 aromatic rings. The van der Waals surface area contributed by atoms with E-state index in [4.69, 9.17) is 4.74 Å². The molecule has 0 aromatic heterocycles. The van der Waals surface area contributed by atoms with Gasteiger partial charge in [0.1, 0.15) is 17.5 Å². The van der Waals surface area contributed by atoms with Crippen LogP contribution < -0.4 is 4.74 Å². The summed E-state index contributed by atoms with van der Waals surface area (Å²) in [4.78, 5) is 33.2. The minimum atomic E-state index is -0.602. The van der Waals surface area contributed by atoms with E-state index in [-0.39, 0.29) is 11.6 Å². The summed E-state index contributed by atoms with van der Waals surface area (Å²) in [5, 5.41) is 0. The van der Waals surface area contributed by atoms with Crippen LogP contribution in [0, 0.1) is 0 Å². The molecule has 0 N–H and O–H groups in total. The second-order valence-corrected chi connectivity index (χ2v) is 6.93. The number of carbonyl (C=O) groups is 2. The van der Waals surface area contributed by atoms with Crippen molar-refractivity contribution < 1.29 is 14.3 Å². The number of Topliss-reactive ketones (excluding diaryl/α,β-unsaturated/α-hetero) is 2. The number of hydrogen-bond donors (Lipinski definition) is 0. The lowest BCUT2D eigenvalue weighted by Crippen LogP contribution is -2.54. The molecule has 4 rings (SSSR count). The number of likely N-dealkylation sites (tertiary alicyclic amines) is 1. The van der Waals surface area contributed by atoms with Crippen molar-refractivity contribution in [1.29, 1.82) is 0 Å². The van der Waals surface area contributed by atoms with Crippen molar-refractivity contribution >= 4 is 23.0 Å². The summed E-state index contributed by atoms with van der Waals surface area (Å²) in [6, 6.07) is 13.7. The van der Waals surface area contributed by atoms with Gasteiger partial charge in [0.05, 0.1) is 12.8 Å². The number of benzene rings is 2. The molecule has 1 aliphatic heterocycles. The molecule has 2 aliphatic rings. The van der Waals surface area contributed by atoms with Crippen LogP contribution in [-0.2, 0) is 0 Å². The third kappa shape index (κ3) is 3.30. The lowest BCUT2D eigenvalue weighted by molar-refractivity contribution is 0.0831. The highest BCUT2D eigenvalue weighted by Crippen LogP contribution is 2.28. The SMILES string of the molecule is COc1ccc(N=C2C(=O)c3ccccc3C(=O)C2N2CCCCC2)cc1. The molecule has 0 radical (unpaired) electrons. The first-order valence-electron chi connectivity index (χ1n) is 9.33. The second kappa shape index (κ2) is 7.45. The van der Waals surface area contributed by atoms with Crippen LogP contribution in [0.4, 0.5) is 5.69 Å². The molecular formula is C22H22N2O3. The van der Waals surface area contributed by atoms with Gasteiger partial charge in [-0.25, -0.2) is 4.99 Å². The molecule has 1 heterocycles. The van der Waals surface area contributed by atoms with Gasteiger partial charge in [-0.15, -0.1) is 0 Å². The Hall–Kier alpha value is -2.79. The van der Waals surface area contributed by atoms with Crippen LogP contribution >= 0.6 is 0 Å². The van der Waals surface area contributed by atoms with Gasteiger partial charge in [0.15, 0.2) is 5.78 Å². The molecule has 1 unspecified atom stereocenters. The summed E-state index contributed by atoms with van der Waals surface area (Å²) in [5.74, 6) is 0.541. The maximum atomic E-state index is 13.3. The molecule has 138 valence electrons. The smallest absolute Gasteiger partial charge is 0.210 e. The fourth-order valence-electron chi connectivity index (χ4n) is 3.85. The summed E-state index contributed by atoms with van der Waals surface area (Å²) >= 11 is 0. The number of aliphatic imine (C=N–C) groups is 1. The number of hydrogen-bond acceptors (Lipinski definition) is 5. The van der Waals surface area contributed by atoms with E-state index in [0.717, 1.165) is 38.1 Å². The zero-order valence-electron chi connectivity index (χ0n) is 15.4. The first kappa shape index (κ1) is 17.6. The largest absolute Gasteiger partial charge is 0.497 e. The fraction of sp³-hybridized carbons (Fsp3) is 0.318. The molecule has 5 heteroatoms.